The average Bonchev–Trinajstić information content (AvgIpc) is 2.38. The predicted octanol–water partition coefficient (Wildman–Crippen LogP) is 2.02. The van der Waals surface area contributed by atoms with E-state index < -0.39 is 10.4 Å². The maximum atomic E-state index is 8.74. The molecule has 0 aliphatic carbocycles. The highest BCUT2D eigenvalue weighted by atomic mass is 32.3. The third kappa shape index (κ3) is 15.4. The number of benzene rings is 1. The number of nitrogens with one attached hydrogen (secondary N) is 1. The first-order valence-corrected chi connectivity index (χ1v) is 8.57. The number of unbranched alkanes of at least 4 members (excludes halogenated alkanes) is 1. The van der Waals surface area contributed by atoms with Crippen LogP contribution in [0.2, 0.25) is 0 Å². The molecule has 1 aromatic carbocycles. The summed E-state index contributed by atoms with van der Waals surface area (Å²) in [5.74, 6) is 1.91. The van der Waals surface area contributed by atoms with E-state index in [1.807, 2.05) is 18.2 Å². The van der Waals surface area contributed by atoms with Crippen molar-refractivity contribution >= 4 is 23.0 Å². The van der Waals surface area contributed by atoms with Crippen molar-refractivity contribution in [3.05, 3.63) is 29.8 Å². The van der Waals surface area contributed by atoms with Crippen molar-refractivity contribution in [3.63, 3.8) is 0 Å². The van der Waals surface area contributed by atoms with Crippen molar-refractivity contribution in [1.82, 2.24) is 5.32 Å². The second kappa shape index (κ2) is 11.8. The van der Waals surface area contributed by atoms with Gasteiger partial charge in [-0.15, -0.1) is 0 Å². The Morgan fingerprint density at radius 2 is 1.81 bits per heavy atom. The SMILES string of the molecule is Cc1ccccc1OCCCCNCCS.O=S(=O)(O)O. The van der Waals surface area contributed by atoms with Gasteiger partial charge in [0, 0.05) is 12.3 Å². The lowest BCUT2D eigenvalue weighted by molar-refractivity contribution is 0.304. The van der Waals surface area contributed by atoms with Gasteiger partial charge in [0.05, 0.1) is 6.61 Å². The van der Waals surface area contributed by atoms with Gasteiger partial charge in [-0.1, -0.05) is 18.2 Å². The molecular weight excluding hydrogens is 314 g/mol. The first kappa shape index (κ1) is 20.2. The molecule has 122 valence electrons. The van der Waals surface area contributed by atoms with Gasteiger partial charge >= 0.3 is 10.4 Å². The fraction of sp³-hybridized carbons (Fsp3) is 0.538. The minimum atomic E-state index is -4.67. The van der Waals surface area contributed by atoms with E-state index in [0.29, 0.717) is 0 Å². The van der Waals surface area contributed by atoms with Gasteiger partial charge in [-0.25, -0.2) is 0 Å². The summed E-state index contributed by atoms with van der Waals surface area (Å²) >= 11 is 4.14. The lowest BCUT2D eigenvalue weighted by Gasteiger charge is -2.08. The highest BCUT2D eigenvalue weighted by Crippen LogP contribution is 2.16. The summed E-state index contributed by atoms with van der Waals surface area (Å²) in [6.07, 6.45) is 2.24. The second-order valence-corrected chi connectivity index (χ2v) is 5.59. The molecule has 0 heterocycles. The highest BCUT2D eigenvalue weighted by Gasteiger charge is 1.96. The lowest BCUT2D eigenvalue weighted by atomic mass is 10.2. The Balaban J connectivity index is 0.000000690. The number of aryl methyl sites for hydroxylation is 1. The average molecular weight is 337 g/mol. The van der Waals surface area contributed by atoms with E-state index in [1.165, 1.54) is 5.56 Å². The van der Waals surface area contributed by atoms with Crippen LogP contribution in [0.4, 0.5) is 0 Å². The zero-order chi connectivity index (χ0) is 16.1. The van der Waals surface area contributed by atoms with Crippen LogP contribution in [0.5, 0.6) is 5.75 Å². The van der Waals surface area contributed by atoms with E-state index in [9.17, 15) is 0 Å². The maximum Gasteiger partial charge on any atom is 0.394 e. The molecule has 0 spiro atoms. The third-order valence-electron chi connectivity index (χ3n) is 2.39. The van der Waals surface area contributed by atoms with Gasteiger partial charge in [0.25, 0.3) is 0 Å². The summed E-state index contributed by atoms with van der Waals surface area (Å²) in [5.41, 5.74) is 1.20. The van der Waals surface area contributed by atoms with Gasteiger partial charge in [0.1, 0.15) is 5.75 Å². The lowest BCUT2D eigenvalue weighted by Crippen LogP contribution is -2.18. The van der Waals surface area contributed by atoms with E-state index in [4.69, 9.17) is 22.3 Å². The molecule has 3 N–H and O–H groups in total. The zero-order valence-electron chi connectivity index (χ0n) is 12.0. The highest BCUT2D eigenvalue weighted by molar-refractivity contribution is 7.80. The molecule has 0 saturated heterocycles. The summed E-state index contributed by atoms with van der Waals surface area (Å²) in [5, 5.41) is 3.31. The molecule has 0 fully saturated rings. The molecular formula is C13H23NO5S2. The third-order valence-corrected chi connectivity index (χ3v) is 2.61. The van der Waals surface area contributed by atoms with Crippen molar-refractivity contribution in [2.45, 2.75) is 19.8 Å². The molecule has 0 unspecified atom stereocenters. The van der Waals surface area contributed by atoms with Crippen LogP contribution in [0.15, 0.2) is 24.3 Å². The summed E-state index contributed by atoms with van der Waals surface area (Å²) in [6, 6.07) is 8.14. The minimum absolute atomic E-state index is 0.799. The number of hydrogen-bond donors (Lipinski definition) is 4. The van der Waals surface area contributed by atoms with Gasteiger partial charge in [0.2, 0.25) is 0 Å². The normalized spacial score (nSPS) is 10.7. The van der Waals surface area contributed by atoms with Crippen LogP contribution in [0, 0.1) is 6.92 Å². The van der Waals surface area contributed by atoms with Crippen LogP contribution in [-0.2, 0) is 10.4 Å². The van der Waals surface area contributed by atoms with Gasteiger partial charge in [-0.05, 0) is 37.9 Å². The minimum Gasteiger partial charge on any atom is -0.493 e. The number of rotatable bonds is 8. The van der Waals surface area contributed by atoms with Crippen LogP contribution >= 0.6 is 12.6 Å². The van der Waals surface area contributed by atoms with Crippen molar-refractivity contribution in [2.24, 2.45) is 0 Å². The molecule has 0 radical (unpaired) electrons. The number of para-hydroxylation sites is 1. The van der Waals surface area contributed by atoms with Crippen molar-refractivity contribution < 1.29 is 22.3 Å². The molecule has 0 aromatic heterocycles. The Morgan fingerprint density at radius 3 is 2.38 bits per heavy atom. The van der Waals surface area contributed by atoms with Crippen molar-refractivity contribution in [2.75, 3.05) is 25.4 Å². The van der Waals surface area contributed by atoms with Crippen molar-refractivity contribution in [1.29, 1.82) is 0 Å². The Hall–Kier alpha value is -0.800. The number of ether oxygens (including phenoxy) is 1. The molecule has 0 aliphatic rings. The second-order valence-electron chi connectivity index (χ2n) is 4.24. The topological polar surface area (TPSA) is 95.9 Å². The van der Waals surface area contributed by atoms with E-state index in [1.54, 1.807) is 0 Å². The Labute approximate surface area is 131 Å². The Bertz CT molecular complexity index is 471. The fourth-order valence-electron chi connectivity index (χ4n) is 1.46. The van der Waals surface area contributed by atoms with Crippen LogP contribution in [0.1, 0.15) is 18.4 Å². The molecule has 0 aliphatic heterocycles. The smallest absolute Gasteiger partial charge is 0.394 e. The van der Waals surface area contributed by atoms with E-state index in [0.717, 1.165) is 44.0 Å². The molecule has 0 atom stereocenters. The predicted molar refractivity (Wildman–Crippen MR) is 86.8 cm³/mol. The first-order valence-electron chi connectivity index (χ1n) is 6.54. The van der Waals surface area contributed by atoms with Gasteiger partial charge < -0.3 is 10.1 Å². The Kier molecular flexibility index (Phi) is 11.4. The van der Waals surface area contributed by atoms with Crippen LogP contribution in [-0.4, -0.2) is 43.0 Å². The summed E-state index contributed by atoms with van der Waals surface area (Å²) in [7, 11) is -4.67. The summed E-state index contributed by atoms with van der Waals surface area (Å²) < 4.78 is 37.3. The summed E-state index contributed by atoms with van der Waals surface area (Å²) in [4.78, 5) is 0. The van der Waals surface area contributed by atoms with Gasteiger partial charge in [-0.3, -0.25) is 9.11 Å². The van der Waals surface area contributed by atoms with Gasteiger partial charge in [0.15, 0.2) is 0 Å². The fourth-order valence-corrected chi connectivity index (χ4v) is 1.61. The molecule has 0 amide bonds. The largest absolute Gasteiger partial charge is 0.493 e. The van der Waals surface area contributed by atoms with Crippen molar-refractivity contribution in [3.8, 4) is 5.75 Å². The van der Waals surface area contributed by atoms with Crippen LogP contribution in [0.3, 0.4) is 0 Å². The molecule has 0 bridgehead atoms. The molecule has 21 heavy (non-hydrogen) atoms. The molecule has 8 heteroatoms. The monoisotopic (exact) mass is 337 g/mol. The van der Waals surface area contributed by atoms with Gasteiger partial charge in [-0.2, -0.15) is 21.0 Å². The Morgan fingerprint density at radius 1 is 1.19 bits per heavy atom. The number of hydrogen-bond acceptors (Lipinski definition) is 5. The van der Waals surface area contributed by atoms with E-state index in [2.05, 4.69) is 30.9 Å². The molecule has 1 rings (SSSR count). The zero-order valence-corrected chi connectivity index (χ0v) is 13.7. The molecule has 6 nitrogen and oxygen atoms in total. The first-order chi connectivity index (χ1) is 9.84. The quantitative estimate of drug-likeness (QED) is 0.329. The standard InChI is InChI=1S/C13H21NOS.H2O4S/c1-12-6-2-3-7-13(12)15-10-5-4-8-14-9-11-16;1-5(2,3)4/h2-3,6-7,14,16H,4-5,8-11H2,1H3;(H2,1,2,3,4). The van der Waals surface area contributed by atoms with E-state index >= 15 is 0 Å². The summed E-state index contributed by atoms with van der Waals surface area (Å²) in [6.45, 7) is 4.91. The number of thiol groups is 1. The molecule has 1 aromatic rings. The van der Waals surface area contributed by atoms with Crippen LogP contribution < -0.4 is 10.1 Å². The van der Waals surface area contributed by atoms with Crippen LogP contribution in [0.25, 0.3) is 0 Å². The molecule has 0 saturated carbocycles. The maximum absolute atomic E-state index is 8.74. The van der Waals surface area contributed by atoms with E-state index in [-0.39, 0.29) is 0 Å².